The number of hydrogen-bond donors (Lipinski definition) is 1. The molecule has 2 fully saturated rings. The highest BCUT2D eigenvalue weighted by Gasteiger charge is 2.48. The standard InChI is InChI=1S/C8H15NO5S/c1-12-6-4-14-7-5(3-13-8(6)7)9-15(2,10)11/h5-9H,3-4H2,1-2H3/t5-,6+,7+,8+/m0/s1. The monoisotopic (exact) mass is 237 g/mol. The second kappa shape index (κ2) is 3.99. The zero-order valence-electron chi connectivity index (χ0n) is 8.67. The van der Waals surface area contributed by atoms with Gasteiger partial charge in [-0.15, -0.1) is 0 Å². The van der Waals surface area contributed by atoms with E-state index in [0.29, 0.717) is 13.2 Å². The third kappa shape index (κ3) is 2.31. The molecule has 2 aliphatic rings. The third-order valence-electron chi connectivity index (χ3n) is 2.68. The molecule has 0 saturated carbocycles. The largest absolute Gasteiger partial charge is 0.376 e. The van der Waals surface area contributed by atoms with E-state index in [1.807, 2.05) is 0 Å². The lowest BCUT2D eigenvalue weighted by atomic mass is 10.1. The lowest BCUT2D eigenvalue weighted by Gasteiger charge is -2.16. The molecule has 0 unspecified atom stereocenters. The summed E-state index contributed by atoms with van der Waals surface area (Å²) in [6.07, 6.45) is 0.642. The SMILES string of the molecule is CO[C@@H]1CO[C@H]2[C@@H]1OC[C@@H]2NS(C)(=O)=O. The number of nitrogens with one attached hydrogen (secondary N) is 1. The van der Waals surface area contributed by atoms with Crippen molar-refractivity contribution < 1.29 is 22.6 Å². The lowest BCUT2D eigenvalue weighted by molar-refractivity contribution is -0.00795. The molecular formula is C8H15NO5S. The van der Waals surface area contributed by atoms with Crippen LogP contribution < -0.4 is 4.72 Å². The molecular weight excluding hydrogens is 222 g/mol. The first-order valence-electron chi connectivity index (χ1n) is 4.74. The molecule has 0 radical (unpaired) electrons. The van der Waals surface area contributed by atoms with Crippen LogP contribution in [-0.2, 0) is 24.2 Å². The van der Waals surface area contributed by atoms with Crippen LogP contribution in [0.5, 0.6) is 0 Å². The zero-order chi connectivity index (χ0) is 11.1. The first kappa shape index (κ1) is 11.3. The minimum absolute atomic E-state index is 0.0960. The Morgan fingerprint density at radius 2 is 1.93 bits per heavy atom. The summed E-state index contributed by atoms with van der Waals surface area (Å²) in [5.74, 6) is 0. The summed E-state index contributed by atoms with van der Waals surface area (Å²) >= 11 is 0. The van der Waals surface area contributed by atoms with Gasteiger partial charge in [0.15, 0.2) is 0 Å². The normalized spacial score (nSPS) is 40.7. The number of hydrogen-bond acceptors (Lipinski definition) is 5. The van der Waals surface area contributed by atoms with E-state index in [-0.39, 0.29) is 24.4 Å². The molecule has 0 bridgehead atoms. The molecule has 2 rings (SSSR count). The maximum absolute atomic E-state index is 11.1. The number of ether oxygens (including phenoxy) is 3. The fourth-order valence-corrected chi connectivity index (χ4v) is 2.79. The van der Waals surface area contributed by atoms with Crippen LogP contribution in [0, 0.1) is 0 Å². The van der Waals surface area contributed by atoms with E-state index in [2.05, 4.69) is 4.72 Å². The third-order valence-corrected chi connectivity index (χ3v) is 3.41. The van der Waals surface area contributed by atoms with E-state index >= 15 is 0 Å². The van der Waals surface area contributed by atoms with Gasteiger partial charge >= 0.3 is 0 Å². The molecule has 0 amide bonds. The van der Waals surface area contributed by atoms with E-state index in [9.17, 15) is 8.42 Å². The molecule has 0 aromatic carbocycles. The van der Waals surface area contributed by atoms with Crippen LogP contribution in [0.3, 0.4) is 0 Å². The van der Waals surface area contributed by atoms with Crippen LogP contribution in [0.15, 0.2) is 0 Å². The van der Waals surface area contributed by atoms with Gasteiger partial charge in [-0.3, -0.25) is 0 Å². The molecule has 0 aromatic rings. The molecule has 0 aromatic heterocycles. The number of rotatable bonds is 3. The molecule has 2 heterocycles. The summed E-state index contributed by atoms with van der Waals surface area (Å²) in [5, 5.41) is 0. The van der Waals surface area contributed by atoms with Gasteiger partial charge in [-0.1, -0.05) is 0 Å². The molecule has 0 aliphatic carbocycles. The molecule has 15 heavy (non-hydrogen) atoms. The predicted molar refractivity (Wildman–Crippen MR) is 52.0 cm³/mol. The van der Waals surface area contributed by atoms with Crippen molar-refractivity contribution in [2.45, 2.75) is 24.4 Å². The number of methoxy groups -OCH3 is 1. The van der Waals surface area contributed by atoms with Crippen LogP contribution in [0.1, 0.15) is 0 Å². The molecule has 6 nitrogen and oxygen atoms in total. The minimum atomic E-state index is -3.22. The zero-order valence-corrected chi connectivity index (χ0v) is 9.49. The Labute approximate surface area is 88.9 Å². The van der Waals surface area contributed by atoms with Gasteiger partial charge in [0, 0.05) is 7.11 Å². The van der Waals surface area contributed by atoms with Gasteiger partial charge in [-0.2, -0.15) is 0 Å². The van der Waals surface area contributed by atoms with E-state index in [1.54, 1.807) is 7.11 Å². The predicted octanol–water partition coefficient (Wildman–Crippen LogP) is -1.28. The Bertz CT molecular complexity index is 330. The quantitative estimate of drug-likeness (QED) is 0.661. The van der Waals surface area contributed by atoms with Crippen LogP contribution in [0.2, 0.25) is 0 Å². The summed E-state index contributed by atoms with van der Waals surface area (Å²) in [4.78, 5) is 0. The second-order valence-corrected chi connectivity index (χ2v) is 5.65. The maximum Gasteiger partial charge on any atom is 0.209 e. The van der Waals surface area contributed by atoms with Crippen molar-refractivity contribution in [3.63, 3.8) is 0 Å². The van der Waals surface area contributed by atoms with Gasteiger partial charge in [-0.05, 0) is 0 Å². The highest BCUT2D eigenvalue weighted by molar-refractivity contribution is 7.88. The molecule has 2 aliphatic heterocycles. The van der Waals surface area contributed by atoms with Gasteiger partial charge in [0.05, 0.1) is 25.5 Å². The van der Waals surface area contributed by atoms with Gasteiger partial charge < -0.3 is 14.2 Å². The first-order chi connectivity index (χ1) is 7.01. The van der Waals surface area contributed by atoms with E-state index in [0.717, 1.165) is 6.26 Å². The fraction of sp³-hybridized carbons (Fsp3) is 1.00. The fourth-order valence-electron chi connectivity index (χ4n) is 2.04. The van der Waals surface area contributed by atoms with Crippen molar-refractivity contribution in [2.75, 3.05) is 26.6 Å². The van der Waals surface area contributed by atoms with Crippen LogP contribution in [-0.4, -0.2) is 59.4 Å². The second-order valence-electron chi connectivity index (χ2n) is 3.87. The van der Waals surface area contributed by atoms with Crippen molar-refractivity contribution in [3.8, 4) is 0 Å². The Hall–Kier alpha value is -0.210. The van der Waals surface area contributed by atoms with Crippen molar-refractivity contribution in [1.29, 1.82) is 0 Å². The molecule has 4 atom stereocenters. The summed E-state index contributed by atoms with van der Waals surface area (Å²) in [6, 6.07) is -0.301. The summed E-state index contributed by atoms with van der Waals surface area (Å²) in [7, 11) is -1.63. The first-order valence-corrected chi connectivity index (χ1v) is 6.63. The van der Waals surface area contributed by atoms with Crippen molar-refractivity contribution in [3.05, 3.63) is 0 Å². The average molecular weight is 237 g/mol. The highest BCUT2D eigenvalue weighted by Crippen LogP contribution is 2.28. The molecule has 88 valence electrons. The molecule has 0 spiro atoms. The number of sulfonamides is 1. The Morgan fingerprint density at radius 1 is 1.27 bits per heavy atom. The minimum Gasteiger partial charge on any atom is -0.376 e. The van der Waals surface area contributed by atoms with Crippen LogP contribution in [0.4, 0.5) is 0 Å². The summed E-state index contributed by atoms with van der Waals surface area (Å²) < 4.78 is 40.7. The lowest BCUT2D eigenvalue weighted by Crippen LogP contribution is -2.43. The molecule has 2 saturated heterocycles. The summed E-state index contributed by atoms with van der Waals surface area (Å²) in [6.45, 7) is 0.788. The maximum atomic E-state index is 11.1. The Kier molecular flexibility index (Phi) is 3.00. The molecule has 1 N–H and O–H groups in total. The van der Waals surface area contributed by atoms with Crippen molar-refractivity contribution in [2.24, 2.45) is 0 Å². The highest BCUT2D eigenvalue weighted by atomic mass is 32.2. The average Bonchev–Trinajstić information content (AvgIpc) is 2.65. The van der Waals surface area contributed by atoms with E-state index in [1.165, 1.54) is 0 Å². The Balaban J connectivity index is 2.02. The molecule has 7 heteroatoms. The number of fused-ring (bicyclic) bond motifs is 1. The van der Waals surface area contributed by atoms with Crippen LogP contribution in [0.25, 0.3) is 0 Å². The van der Waals surface area contributed by atoms with E-state index in [4.69, 9.17) is 14.2 Å². The van der Waals surface area contributed by atoms with Crippen LogP contribution >= 0.6 is 0 Å². The van der Waals surface area contributed by atoms with Crippen molar-refractivity contribution >= 4 is 10.0 Å². The van der Waals surface area contributed by atoms with Crippen molar-refractivity contribution in [1.82, 2.24) is 4.72 Å². The van der Waals surface area contributed by atoms with Gasteiger partial charge in [0.2, 0.25) is 10.0 Å². The topological polar surface area (TPSA) is 73.9 Å². The van der Waals surface area contributed by atoms with Gasteiger partial charge in [0.25, 0.3) is 0 Å². The van der Waals surface area contributed by atoms with Gasteiger partial charge in [0.1, 0.15) is 18.3 Å². The van der Waals surface area contributed by atoms with E-state index < -0.39 is 10.0 Å². The summed E-state index contributed by atoms with van der Waals surface area (Å²) in [5.41, 5.74) is 0. The Morgan fingerprint density at radius 3 is 2.53 bits per heavy atom. The van der Waals surface area contributed by atoms with Gasteiger partial charge in [-0.25, -0.2) is 13.1 Å². The smallest absolute Gasteiger partial charge is 0.209 e.